The zero-order valence-corrected chi connectivity index (χ0v) is 7.37. The van der Waals surface area contributed by atoms with Gasteiger partial charge in [0.1, 0.15) is 5.76 Å². The van der Waals surface area contributed by atoms with Crippen molar-refractivity contribution in [3.8, 4) is 0 Å². The summed E-state index contributed by atoms with van der Waals surface area (Å²) in [6.45, 7) is 1.81. The maximum atomic E-state index is 9.10. The van der Waals surface area contributed by atoms with E-state index in [1.807, 2.05) is 19.1 Å². The second kappa shape index (κ2) is 2.78. The second-order valence-corrected chi connectivity index (χ2v) is 3.02. The molecule has 0 aliphatic rings. The summed E-state index contributed by atoms with van der Waals surface area (Å²) < 4.78 is 5.44. The number of fused-ring (bicyclic) bond motifs is 1. The van der Waals surface area contributed by atoms with Crippen molar-refractivity contribution in [1.29, 1.82) is 0 Å². The molecule has 0 saturated carbocycles. The molecule has 0 atom stereocenters. The number of benzene rings is 1. The summed E-state index contributed by atoms with van der Waals surface area (Å²) in [5, 5.41) is 10.00. The van der Waals surface area contributed by atoms with Gasteiger partial charge in [-0.1, -0.05) is 12.1 Å². The Labute approximate surface area is 75.8 Å². The fourth-order valence-corrected chi connectivity index (χ4v) is 1.51. The smallest absolute Gasteiger partial charge is 0.157 e. The van der Waals surface area contributed by atoms with Gasteiger partial charge in [-0.15, -0.1) is 0 Å². The van der Waals surface area contributed by atoms with Gasteiger partial charge < -0.3 is 15.3 Å². The van der Waals surface area contributed by atoms with E-state index in [1.165, 1.54) is 0 Å². The summed E-state index contributed by atoms with van der Waals surface area (Å²) in [5.74, 6) is 0.732. The summed E-state index contributed by atoms with van der Waals surface area (Å²) in [7, 11) is 0. The predicted octanol–water partition coefficient (Wildman–Crippen LogP) is 1.82. The molecule has 2 aromatic rings. The number of nitrogens with two attached hydrogens (primary N) is 1. The molecule has 0 aliphatic heterocycles. The third kappa shape index (κ3) is 1.09. The van der Waals surface area contributed by atoms with E-state index in [0.29, 0.717) is 11.3 Å². The first-order chi connectivity index (χ1) is 6.24. The van der Waals surface area contributed by atoms with Crippen molar-refractivity contribution >= 4 is 16.7 Å². The number of furan rings is 1. The van der Waals surface area contributed by atoms with E-state index < -0.39 is 0 Å². The Balaban J connectivity index is 2.86. The minimum absolute atomic E-state index is 0.0116. The Kier molecular flexibility index (Phi) is 1.74. The van der Waals surface area contributed by atoms with E-state index >= 15 is 0 Å². The number of aryl methyl sites for hydroxylation is 1. The number of nitrogen functional groups attached to an aromatic ring is 1. The number of aliphatic hydroxyl groups excluding tert-OH is 1. The molecule has 0 unspecified atom stereocenters. The average molecular weight is 177 g/mol. The predicted molar refractivity (Wildman–Crippen MR) is 51.3 cm³/mol. The van der Waals surface area contributed by atoms with Crippen LogP contribution in [0.2, 0.25) is 0 Å². The highest BCUT2D eigenvalue weighted by molar-refractivity contribution is 5.91. The van der Waals surface area contributed by atoms with Crippen molar-refractivity contribution in [2.75, 3.05) is 5.73 Å². The van der Waals surface area contributed by atoms with E-state index in [2.05, 4.69) is 0 Å². The van der Waals surface area contributed by atoms with Crippen molar-refractivity contribution in [3.05, 3.63) is 29.5 Å². The first kappa shape index (κ1) is 8.13. The summed E-state index contributed by atoms with van der Waals surface area (Å²) in [6.07, 6.45) is 0. The molecule has 1 heterocycles. The lowest BCUT2D eigenvalue weighted by Gasteiger charge is -1.93. The number of para-hydroxylation sites is 1. The van der Waals surface area contributed by atoms with Crippen LogP contribution >= 0.6 is 0 Å². The Morgan fingerprint density at radius 1 is 1.46 bits per heavy atom. The van der Waals surface area contributed by atoms with Crippen LogP contribution < -0.4 is 5.73 Å². The molecule has 3 nitrogen and oxygen atoms in total. The summed E-state index contributed by atoms with van der Waals surface area (Å²) in [6, 6.07) is 5.53. The third-order valence-corrected chi connectivity index (χ3v) is 2.21. The lowest BCUT2D eigenvalue weighted by molar-refractivity contribution is 0.280. The zero-order chi connectivity index (χ0) is 9.42. The Morgan fingerprint density at radius 2 is 2.23 bits per heavy atom. The third-order valence-electron chi connectivity index (χ3n) is 2.21. The van der Waals surface area contributed by atoms with Crippen molar-refractivity contribution in [1.82, 2.24) is 0 Å². The molecule has 0 fully saturated rings. The van der Waals surface area contributed by atoms with E-state index in [-0.39, 0.29) is 6.61 Å². The van der Waals surface area contributed by atoms with Crippen LogP contribution in [0.5, 0.6) is 0 Å². The normalized spacial score (nSPS) is 10.9. The van der Waals surface area contributed by atoms with Crippen LogP contribution in [0.1, 0.15) is 11.3 Å². The molecule has 0 bridgehead atoms. The minimum Gasteiger partial charge on any atom is -0.459 e. The van der Waals surface area contributed by atoms with Gasteiger partial charge in [0.05, 0.1) is 12.3 Å². The van der Waals surface area contributed by atoms with E-state index in [1.54, 1.807) is 6.07 Å². The van der Waals surface area contributed by atoms with E-state index in [9.17, 15) is 0 Å². The van der Waals surface area contributed by atoms with Gasteiger partial charge in [-0.25, -0.2) is 0 Å². The van der Waals surface area contributed by atoms with E-state index in [0.717, 1.165) is 16.7 Å². The van der Waals surface area contributed by atoms with Gasteiger partial charge in [0, 0.05) is 10.9 Å². The Hall–Kier alpha value is -1.48. The van der Waals surface area contributed by atoms with Crippen LogP contribution in [0.15, 0.2) is 22.6 Å². The van der Waals surface area contributed by atoms with Crippen molar-refractivity contribution in [3.63, 3.8) is 0 Å². The fraction of sp³-hybridized carbons (Fsp3) is 0.200. The van der Waals surface area contributed by atoms with Crippen LogP contribution in [-0.4, -0.2) is 5.11 Å². The number of rotatable bonds is 1. The van der Waals surface area contributed by atoms with Crippen LogP contribution in [0.3, 0.4) is 0 Å². The van der Waals surface area contributed by atoms with Gasteiger partial charge in [-0.3, -0.25) is 0 Å². The molecule has 0 spiro atoms. The molecule has 0 amide bonds. The van der Waals surface area contributed by atoms with Gasteiger partial charge >= 0.3 is 0 Å². The van der Waals surface area contributed by atoms with Crippen molar-refractivity contribution in [2.24, 2.45) is 0 Å². The highest BCUT2D eigenvalue weighted by atomic mass is 16.3. The highest BCUT2D eigenvalue weighted by Crippen LogP contribution is 2.29. The van der Waals surface area contributed by atoms with Crippen LogP contribution in [0.4, 0.5) is 5.69 Å². The molecule has 3 N–H and O–H groups in total. The molecule has 0 radical (unpaired) electrons. The SMILES string of the molecule is Cc1oc2c(N)cccc2c1CO. The van der Waals surface area contributed by atoms with Gasteiger partial charge in [-0.05, 0) is 13.0 Å². The first-order valence-electron chi connectivity index (χ1n) is 4.11. The van der Waals surface area contributed by atoms with Crippen LogP contribution in [-0.2, 0) is 6.61 Å². The molecular formula is C10H11NO2. The summed E-state index contributed by atoms with van der Waals surface area (Å²) in [5.41, 5.74) is 7.82. The standard InChI is InChI=1S/C10H11NO2/c1-6-8(5-12)7-3-2-4-9(11)10(7)13-6/h2-4,12H,5,11H2,1H3. The molecule has 1 aromatic heterocycles. The number of hydrogen-bond acceptors (Lipinski definition) is 3. The average Bonchev–Trinajstić information content (AvgIpc) is 2.43. The van der Waals surface area contributed by atoms with Crippen molar-refractivity contribution in [2.45, 2.75) is 13.5 Å². The lowest BCUT2D eigenvalue weighted by Crippen LogP contribution is -1.85. The van der Waals surface area contributed by atoms with E-state index in [4.69, 9.17) is 15.3 Å². The Bertz CT molecular complexity index is 445. The monoisotopic (exact) mass is 177 g/mol. The number of aliphatic hydroxyl groups is 1. The lowest BCUT2D eigenvalue weighted by atomic mass is 10.1. The van der Waals surface area contributed by atoms with Gasteiger partial charge in [0.2, 0.25) is 0 Å². The largest absolute Gasteiger partial charge is 0.459 e. The molecular weight excluding hydrogens is 166 g/mol. The summed E-state index contributed by atoms with van der Waals surface area (Å²) >= 11 is 0. The van der Waals surface area contributed by atoms with Gasteiger partial charge in [0.25, 0.3) is 0 Å². The maximum absolute atomic E-state index is 9.10. The van der Waals surface area contributed by atoms with Crippen molar-refractivity contribution < 1.29 is 9.52 Å². The minimum atomic E-state index is -0.0116. The molecule has 13 heavy (non-hydrogen) atoms. The molecule has 3 heteroatoms. The maximum Gasteiger partial charge on any atom is 0.157 e. The number of hydrogen-bond donors (Lipinski definition) is 2. The highest BCUT2D eigenvalue weighted by Gasteiger charge is 2.10. The number of anilines is 1. The molecule has 0 aliphatic carbocycles. The zero-order valence-electron chi connectivity index (χ0n) is 7.37. The molecule has 0 saturated heterocycles. The fourth-order valence-electron chi connectivity index (χ4n) is 1.51. The molecule has 1 aromatic carbocycles. The van der Waals surface area contributed by atoms with Crippen LogP contribution in [0.25, 0.3) is 11.0 Å². The second-order valence-electron chi connectivity index (χ2n) is 3.02. The summed E-state index contributed by atoms with van der Waals surface area (Å²) in [4.78, 5) is 0. The topological polar surface area (TPSA) is 59.4 Å². The van der Waals surface area contributed by atoms with Gasteiger partial charge in [0.15, 0.2) is 5.58 Å². The Morgan fingerprint density at radius 3 is 2.92 bits per heavy atom. The first-order valence-corrected chi connectivity index (χ1v) is 4.11. The quantitative estimate of drug-likeness (QED) is 0.653. The van der Waals surface area contributed by atoms with Gasteiger partial charge in [-0.2, -0.15) is 0 Å². The molecule has 2 rings (SSSR count). The molecule has 68 valence electrons. The van der Waals surface area contributed by atoms with Crippen LogP contribution in [0, 0.1) is 6.92 Å².